The second kappa shape index (κ2) is 6.85. The second-order valence-corrected chi connectivity index (χ2v) is 6.66. The van der Waals surface area contributed by atoms with Crippen molar-refractivity contribution in [1.29, 1.82) is 0 Å². The maximum Gasteiger partial charge on any atom is 0.390 e. The first-order valence-corrected chi connectivity index (χ1v) is 7.35. The van der Waals surface area contributed by atoms with Crippen molar-refractivity contribution in [1.82, 2.24) is 4.90 Å². The fourth-order valence-electron chi connectivity index (χ4n) is 0.614. The van der Waals surface area contributed by atoms with Gasteiger partial charge in [-0.15, -0.1) is 0 Å². The van der Waals surface area contributed by atoms with Crippen molar-refractivity contribution in [2.24, 2.45) is 0 Å². The SMILES string of the molecule is CCOP(=O)(OCC)SCN(C)C. The highest BCUT2D eigenvalue weighted by molar-refractivity contribution is 8.55. The summed E-state index contributed by atoms with van der Waals surface area (Å²) in [4.78, 5) is 1.93. The van der Waals surface area contributed by atoms with E-state index in [1.807, 2.05) is 32.8 Å². The van der Waals surface area contributed by atoms with Gasteiger partial charge < -0.3 is 9.05 Å². The number of rotatable bonds is 7. The van der Waals surface area contributed by atoms with Gasteiger partial charge in [0.1, 0.15) is 0 Å². The molecule has 0 saturated heterocycles. The molecule has 0 aromatic rings. The van der Waals surface area contributed by atoms with Gasteiger partial charge >= 0.3 is 6.80 Å². The summed E-state index contributed by atoms with van der Waals surface area (Å²) in [5.74, 6) is 0.636. The molecule has 13 heavy (non-hydrogen) atoms. The summed E-state index contributed by atoms with van der Waals surface area (Å²) in [6.45, 7) is 1.55. The van der Waals surface area contributed by atoms with E-state index in [1.54, 1.807) is 0 Å². The predicted molar refractivity (Wildman–Crippen MR) is 57.0 cm³/mol. The van der Waals surface area contributed by atoms with E-state index in [9.17, 15) is 4.57 Å². The second-order valence-electron chi connectivity index (χ2n) is 2.62. The largest absolute Gasteiger partial charge is 0.390 e. The van der Waals surface area contributed by atoms with E-state index in [0.29, 0.717) is 19.1 Å². The number of hydrogen-bond acceptors (Lipinski definition) is 5. The van der Waals surface area contributed by atoms with E-state index < -0.39 is 6.80 Å². The molecule has 0 aliphatic rings. The molecule has 80 valence electrons. The molecule has 4 nitrogen and oxygen atoms in total. The molecular weight excluding hydrogens is 209 g/mol. The summed E-state index contributed by atoms with van der Waals surface area (Å²) in [7, 11) is 3.82. The number of nitrogens with zero attached hydrogens (tertiary/aromatic N) is 1. The quantitative estimate of drug-likeness (QED) is 0.493. The van der Waals surface area contributed by atoms with Crippen LogP contribution in [0.5, 0.6) is 0 Å². The van der Waals surface area contributed by atoms with Gasteiger partial charge in [0.25, 0.3) is 0 Å². The third-order valence-electron chi connectivity index (χ3n) is 1.05. The van der Waals surface area contributed by atoms with Crippen LogP contribution in [0.25, 0.3) is 0 Å². The Labute approximate surface area is 84.3 Å². The first-order chi connectivity index (χ1) is 6.04. The lowest BCUT2D eigenvalue weighted by molar-refractivity contribution is 0.236. The Hall–Kier alpha value is 0.460. The zero-order valence-electron chi connectivity index (χ0n) is 8.65. The molecule has 0 N–H and O–H groups in total. The Morgan fingerprint density at radius 2 is 1.69 bits per heavy atom. The monoisotopic (exact) mass is 227 g/mol. The van der Waals surface area contributed by atoms with Crippen molar-refractivity contribution >= 4 is 18.2 Å². The van der Waals surface area contributed by atoms with Crippen LogP contribution in [-0.4, -0.2) is 38.1 Å². The molecule has 0 aromatic carbocycles. The Bertz CT molecular complexity index is 167. The molecule has 0 amide bonds. The van der Waals surface area contributed by atoms with Crippen LogP contribution < -0.4 is 0 Å². The van der Waals surface area contributed by atoms with Crippen LogP contribution in [0.4, 0.5) is 0 Å². The van der Waals surface area contributed by atoms with Crippen LogP contribution >= 0.6 is 18.2 Å². The highest BCUT2D eigenvalue weighted by Gasteiger charge is 2.24. The summed E-state index contributed by atoms with van der Waals surface area (Å²) in [6, 6.07) is 0. The zero-order valence-corrected chi connectivity index (χ0v) is 10.4. The van der Waals surface area contributed by atoms with Crippen molar-refractivity contribution in [3.05, 3.63) is 0 Å². The summed E-state index contributed by atoms with van der Waals surface area (Å²) in [6.07, 6.45) is 0. The molecule has 0 bridgehead atoms. The van der Waals surface area contributed by atoms with Gasteiger partial charge in [-0.05, 0) is 39.3 Å². The van der Waals surface area contributed by atoms with E-state index in [2.05, 4.69) is 0 Å². The predicted octanol–water partition coefficient (Wildman–Crippen LogP) is 2.42. The third kappa shape index (κ3) is 6.52. The van der Waals surface area contributed by atoms with E-state index in [1.165, 1.54) is 11.4 Å². The summed E-state index contributed by atoms with van der Waals surface area (Å²) in [5.41, 5.74) is 0. The molecule has 0 radical (unpaired) electrons. The fraction of sp³-hybridized carbons (Fsp3) is 1.00. The van der Waals surface area contributed by atoms with Crippen LogP contribution in [0, 0.1) is 0 Å². The van der Waals surface area contributed by atoms with E-state index in [0.717, 1.165) is 0 Å². The Balaban J connectivity index is 3.99. The molecule has 6 heteroatoms. The van der Waals surface area contributed by atoms with Crippen LogP contribution in [0.2, 0.25) is 0 Å². The average Bonchev–Trinajstić information content (AvgIpc) is 2.02. The average molecular weight is 227 g/mol. The smallest absolute Gasteiger partial charge is 0.301 e. The summed E-state index contributed by atoms with van der Waals surface area (Å²) >= 11 is 1.22. The Morgan fingerprint density at radius 1 is 1.23 bits per heavy atom. The van der Waals surface area contributed by atoms with Crippen molar-refractivity contribution in [2.45, 2.75) is 13.8 Å². The summed E-state index contributed by atoms with van der Waals surface area (Å²) < 4.78 is 22.0. The topological polar surface area (TPSA) is 38.8 Å². The Morgan fingerprint density at radius 3 is 2.00 bits per heavy atom. The minimum Gasteiger partial charge on any atom is -0.301 e. The molecule has 0 saturated carbocycles. The molecule has 0 fully saturated rings. The molecule has 0 atom stereocenters. The van der Waals surface area contributed by atoms with Crippen molar-refractivity contribution in [3.8, 4) is 0 Å². The van der Waals surface area contributed by atoms with E-state index in [-0.39, 0.29) is 0 Å². The first-order valence-electron chi connectivity index (χ1n) is 4.22. The van der Waals surface area contributed by atoms with Gasteiger partial charge in [-0.2, -0.15) is 0 Å². The molecule has 0 aliphatic heterocycles. The van der Waals surface area contributed by atoms with Gasteiger partial charge in [0.15, 0.2) is 0 Å². The van der Waals surface area contributed by atoms with E-state index in [4.69, 9.17) is 9.05 Å². The van der Waals surface area contributed by atoms with Crippen molar-refractivity contribution < 1.29 is 13.6 Å². The van der Waals surface area contributed by atoms with Crippen LogP contribution in [-0.2, 0) is 13.6 Å². The van der Waals surface area contributed by atoms with Gasteiger partial charge in [-0.25, -0.2) is 4.57 Å². The molecular formula is C7H18NO3PS. The van der Waals surface area contributed by atoms with Gasteiger partial charge in [-0.1, -0.05) is 0 Å². The molecule has 0 spiro atoms. The normalized spacial score (nSPS) is 12.4. The van der Waals surface area contributed by atoms with E-state index >= 15 is 0 Å². The van der Waals surface area contributed by atoms with Gasteiger partial charge in [0.2, 0.25) is 0 Å². The molecule has 0 unspecified atom stereocenters. The number of hydrogen-bond donors (Lipinski definition) is 0. The Kier molecular flexibility index (Phi) is 7.09. The zero-order chi connectivity index (χ0) is 10.3. The third-order valence-corrected chi connectivity index (χ3v) is 5.07. The highest BCUT2D eigenvalue weighted by atomic mass is 32.7. The lowest BCUT2D eigenvalue weighted by Gasteiger charge is -2.17. The maximum atomic E-state index is 11.8. The van der Waals surface area contributed by atoms with Crippen molar-refractivity contribution in [2.75, 3.05) is 33.2 Å². The molecule has 0 aromatic heterocycles. The van der Waals surface area contributed by atoms with Crippen LogP contribution in [0.3, 0.4) is 0 Å². The first kappa shape index (κ1) is 13.5. The van der Waals surface area contributed by atoms with Gasteiger partial charge in [-0.3, -0.25) is 4.90 Å². The molecule has 0 rings (SSSR count). The molecule has 0 heterocycles. The summed E-state index contributed by atoms with van der Waals surface area (Å²) in [5, 5.41) is 0. The van der Waals surface area contributed by atoms with Crippen LogP contribution in [0.1, 0.15) is 13.8 Å². The fourth-order valence-corrected chi connectivity index (χ4v) is 4.04. The van der Waals surface area contributed by atoms with Gasteiger partial charge in [0, 0.05) is 0 Å². The molecule has 0 aliphatic carbocycles. The maximum absolute atomic E-state index is 11.8. The van der Waals surface area contributed by atoms with Crippen molar-refractivity contribution in [3.63, 3.8) is 0 Å². The minimum atomic E-state index is -2.90. The van der Waals surface area contributed by atoms with Gasteiger partial charge in [0.05, 0.1) is 19.1 Å². The standard InChI is InChI=1S/C7H18NO3PS/c1-5-10-12(9,11-6-2)13-7-8(3)4/h5-7H2,1-4H3. The lowest BCUT2D eigenvalue weighted by atomic mass is 10.9. The van der Waals surface area contributed by atoms with Crippen LogP contribution in [0.15, 0.2) is 0 Å². The lowest BCUT2D eigenvalue weighted by Crippen LogP contribution is -2.10. The minimum absolute atomic E-state index is 0.414. The highest BCUT2D eigenvalue weighted by Crippen LogP contribution is 2.60.